The molecule has 0 saturated carbocycles. The lowest BCUT2D eigenvalue weighted by atomic mass is 10.1. The summed E-state index contributed by atoms with van der Waals surface area (Å²) in [7, 11) is -3.64. The molecule has 2 aliphatic heterocycles. The molecule has 11 heteroatoms. The van der Waals surface area contributed by atoms with Crippen LogP contribution in [0.2, 0.25) is 0 Å². The third kappa shape index (κ3) is 5.13. The number of sulfonamides is 1. The lowest BCUT2D eigenvalue weighted by molar-refractivity contribution is -0.0494. The number of fused-ring (bicyclic) bond motifs is 1. The quantitative estimate of drug-likeness (QED) is 0.544. The van der Waals surface area contributed by atoms with E-state index >= 15 is 0 Å². The molecule has 2 aliphatic rings. The molecule has 3 rings (SSSR count). The Balaban J connectivity index is 1.44. The number of benzene rings is 1. The van der Waals surface area contributed by atoms with Crippen molar-refractivity contribution in [1.29, 1.82) is 0 Å². The number of aliphatic imine (C=N–C) groups is 1. The molecule has 0 unspecified atom stereocenters. The Morgan fingerprint density at radius 3 is 2.69 bits per heavy atom. The number of piperidine rings is 1. The predicted octanol–water partition coefficient (Wildman–Crippen LogP) is 1.64. The minimum atomic E-state index is -5.26. The van der Waals surface area contributed by atoms with Gasteiger partial charge in [-0.15, -0.1) is 0 Å². The van der Waals surface area contributed by atoms with Gasteiger partial charge in [0.15, 0.2) is 5.96 Å². The highest BCUT2D eigenvalue weighted by molar-refractivity contribution is 7.90. The van der Waals surface area contributed by atoms with Crippen LogP contribution in [0.5, 0.6) is 5.75 Å². The molecular weight excluding hydrogens is 409 g/mol. The van der Waals surface area contributed by atoms with E-state index in [0.29, 0.717) is 16.8 Å². The fourth-order valence-electron chi connectivity index (χ4n) is 3.50. The molecule has 29 heavy (non-hydrogen) atoms. The Morgan fingerprint density at radius 2 is 2.03 bits per heavy atom. The van der Waals surface area contributed by atoms with Crippen LogP contribution < -0.4 is 15.4 Å². The zero-order valence-electron chi connectivity index (χ0n) is 16.1. The zero-order valence-corrected chi connectivity index (χ0v) is 16.9. The van der Waals surface area contributed by atoms with Gasteiger partial charge < -0.3 is 15.4 Å². The van der Waals surface area contributed by atoms with Crippen molar-refractivity contribution in [2.24, 2.45) is 4.99 Å². The van der Waals surface area contributed by atoms with Crippen LogP contribution in [0.4, 0.5) is 13.2 Å². The number of nitrogens with zero attached hydrogens (tertiary/aromatic N) is 2. The van der Waals surface area contributed by atoms with Gasteiger partial charge in [0.05, 0.1) is 6.61 Å². The number of rotatable bonds is 5. The zero-order chi connectivity index (χ0) is 21.1. The summed E-state index contributed by atoms with van der Waals surface area (Å²) >= 11 is 0. The van der Waals surface area contributed by atoms with Crippen molar-refractivity contribution in [1.82, 2.24) is 14.9 Å². The third-order valence-corrected chi connectivity index (χ3v) is 6.74. The molecular formula is C18H25F3N4O3S. The summed E-state index contributed by atoms with van der Waals surface area (Å²) in [6.45, 7) is 1.01. The molecule has 0 aliphatic carbocycles. The van der Waals surface area contributed by atoms with E-state index in [1.165, 1.54) is 11.1 Å². The summed E-state index contributed by atoms with van der Waals surface area (Å²) in [5.74, 6) is 1.49. The number of nitrogens with one attached hydrogen (secondary N) is 2. The van der Waals surface area contributed by atoms with Crippen molar-refractivity contribution in [2.45, 2.75) is 37.2 Å². The molecule has 7 nitrogen and oxygen atoms in total. The molecule has 1 fully saturated rings. The summed E-state index contributed by atoms with van der Waals surface area (Å²) in [4.78, 5) is 4.14. The minimum Gasteiger partial charge on any atom is -0.493 e. The van der Waals surface area contributed by atoms with Gasteiger partial charge in [-0.3, -0.25) is 4.99 Å². The van der Waals surface area contributed by atoms with Crippen molar-refractivity contribution in [3.63, 3.8) is 0 Å². The first-order chi connectivity index (χ1) is 13.7. The molecule has 0 atom stereocenters. The maximum Gasteiger partial charge on any atom is 0.511 e. The summed E-state index contributed by atoms with van der Waals surface area (Å²) in [6, 6.07) is 6.00. The summed E-state index contributed by atoms with van der Waals surface area (Å²) in [5.41, 5.74) is -2.86. The van der Waals surface area contributed by atoms with E-state index in [1.807, 2.05) is 12.1 Å². The maximum atomic E-state index is 12.7. The van der Waals surface area contributed by atoms with Crippen LogP contribution >= 0.6 is 0 Å². The maximum absolute atomic E-state index is 12.7. The van der Waals surface area contributed by atoms with Crippen LogP contribution in [0.3, 0.4) is 0 Å². The molecule has 0 bridgehead atoms. The first-order valence-electron chi connectivity index (χ1n) is 9.49. The Hall–Kier alpha value is -2.01. The summed E-state index contributed by atoms with van der Waals surface area (Å²) in [5, 5.41) is 6.35. The molecule has 0 aromatic heterocycles. The van der Waals surface area contributed by atoms with Gasteiger partial charge in [-0.2, -0.15) is 17.5 Å². The summed E-state index contributed by atoms with van der Waals surface area (Å²) in [6.07, 6.45) is 2.26. The first kappa shape index (κ1) is 21.7. The van der Waals surface area contributed by atoms with Crippen molar-refractivity contribution in [3.8, 4) is 5.75 Å². The van der Waals surface area contributed by atoms with E-state index in [-0.39, 0.29) is 32.0 Å². The molecule has 0 radical (unpaired) electrons. The van der Waals surface area contributed by atoms with Crippen molar-refractivity contribution < 1.29 is 26.3 Å². The van der Waals surface area contributed by atoms with Crippen LogP contribution in [0.15, 0.2) is 23.2 Å². The average Bonchev–Trinajstić information content (AvgIpc) is 3.14. The van der Waals surface area contributed by atoms with E-state index in [2.05, 4.69) is 21.7 Å². The lowest BCUT2D eigenvalue weighted by Gasteiger charge is -2.32. The van der Waals surface area contributed by atoms with Crippen LogP contribution in [-0.2, 0) is 22.9 Å². The lowest BCUT2D eigenvalue weighted by Crippen LogP contribution is -2.51. The fourth-order valence-corrected chi connectivity index (χ4v) is 4.48. The SMILES string of the molecule is CN=C(NCCc1ccc2c(c1)CCO2)NC1CCN(S(=O)(=O)C(F)(F)F)CC1. The van der Waals surface area contributed by atoms with E-state index in [9.17, 15) is 21.6 Å². The average molecular weight is 434 g/mol. The third-order valence-electron chi connectivity index (χ3n) is 5.11. The second-order valence-corrected chi connectivity index (χ2v) is 8.99. The van der Waals surface area contributed by atoms with Gasteiger partial charge in [0.1, 0.15) is 5.75 Å². The van der Waals surface area contributed by atoms with Gasteiger partial charge in [-0.05, 0) is 36.5 Å². The number of halogens is 3. The van der Waals surface area contributed by atoms with Gasteiger partial charge in [0.25, 0.3) is 0 Å². The predicted molar refractivity (Wildman–Crippen MR) is 103 cm³/mol. The Bertz CT molecular complexity index is 850. The highest BCUT2D eigenvalue weighted by Crippen LogP contribution is 2.29. The van der Waals surface area contributed by atoms with E-state index < -0.39 is 15.5 Å². The standard InChI is InChI=1S/C18H25F3N4O3S/c1-22-17(23-8-4-13-2-3-16-14(12-13)7-11-28-16)24-15-5-9-25(10-6-15)29(26,27)18(19,20)21/h2-3,12,15H,4-11H2,1H3,(H2,22,23,24). The van der Waals surface area contributed by atoms with Gasteiger partial charge in [-0.1, -0.05) is 12.1 Å². The molecule has 2 heterocycles. The highest BCUT2D eigenvalue weighted by atomic mass is 32.2. The normalized spacial score (nSPS) is 19.0. The van der Waals surface area contributed by atoms with Crippen LogP contribution in [0, 0.1) is 0 Å². The second-order valence-electron chi connectivity index (χ2n) is 7.06. The van der Waals surface area contributed by atoms with Gasteiger partial charge in [0, 0.05) is 39.1 Å². The van der Waals surface area contributed by atoms with Crippen molar-refractivity contribution in [2.75, 3.05) is 33.3 Å². The van der Waals surface area contributed by atoms with Crippen molar-refractivity contribution >= 4 is 16.0 Å². The smallest absolute Gasteiger partial charge is 0.493 e. The topological polar surface area (TPSA) is 83.0 Å². The number of guanidine groups is 1. The van der Waals surface area contributed by atoms with Crippen LogP contribution in [0.25, 0.3) is 0 Å². The molecule has 0 amide bonds. The molecule has 2 N–H and O–H groups in total. The first-order valence-corrected chi connectivity index (χ1v) is 10.9. The van der Waals surface area contributed by atoms with Gasteiger partial charge >= 0.3 is 15.5 Å². The minimum absolute atomic E-state index is 0.141. The highest BCUT2D eigenvalue weighted by Gasteiger charge is 2.50. The van der Waals surface area contributed by atoms with E-state index in [0.717, 1.165) is 25.2 Å². The Labute approximate surface area is 168 Å². The van der Waals surface area contributed by atoms with Crippen LogP contribution in [-0.4, -0.2) is 63.5 Å². The van der Waals surface area contributed by atoms with E-state index in [4.69, 9.17) is 4.74 Å². The number of hydrogen-bond donors (Lipinski definition) is 2. The van der Waals surface area contributed by atoms with Gasteiger partial charge in [-0.25, -0.2) is 8.42 Å². The second kappa shape index (κ2) is 8.78. The largest absolute Gasteiger partial charge is 0.511 e. The molecule has 1 aromatic rings. The fraction of sp³-hybridized carbons (Fsp3) is 0.611. The van der Waals surface area contributed by atoms with Crippen LogP contribution in [0.1, 0.15) is 24.0 Å². The van der Waals surface area contributed by atoms with E-state index in [1.54, 1.807) is 7.05 Å². The molecule has 162 valence electrons. The van der Waals surface area contributed by atoms with Crippen molar-refractivity contribution in [3.05, 3.63) is 29.3 Å². The Kier molecular flexibility index (Phi) is 6.57. The number of ether oxygens (including phenoxy) is 1. The molecule has 0 spiro atoms. The number of alkyl halides is 3. The Morgan fingerprint density at radius 1 is 1.31 bits per heavy atom. The molecule has 1 aromatic carbocycles. The van der Waals surface area contributed by atoms with Gasteiger partial charge in [0.2, 0.25) is 0 Å². The monoisotopic (exact) mass is 434 g/mol. The summed E-state index contributed by atoms with van der Waals surface area (Å²) < 4.78 is 66.9. The number of hydrogen-bond acceptors (Lipinski definition) is 4. The molecule has 1 saturated heterocycles.